The number of nitrogens with one attached hydrogen (secondary N) is 1. The molecule has 4 nitrogen and oxygen atoms in total. The molecule has 0 saturated carbocycles. The molecule has 1 aromatic heterocycles. The number of thiophene rings is 1. The van der Waals surface area contributed by atoms with Crippen LogP contribution in [0.15, 0.2) is 48.5 Å². The van der Waals surface area contributed by atoms with Gasteiger partial charge in [0.1, 0.15) is 17.6 Å². The number of rotatable bonds is 3. The van der Waals surface area contributed by atoms with Gasteiger partial charge in [0, 0.05) is 10.1 Å². The molecule has 122 valence electrons. The number of para-hydroxylation sites is 2. The van der Waals surface area contributed by atoms with Crippen LogP contribution in [-0.2, 0) is 0 Å². The van der Waals surface area contributed by atoms with Gasteiger partial charge in [-0.3, -0.25) is 4.79 Å². The van der Waals surface area contributed by atoms with Gasteiger partial charge in [-0.2, -0.15) is 0 Å². The van der Waals surface area contributed by atoms with Crippen molar-refractivity contribution in [1.29, 1.82) is 0 Å². The third-order valence-corrected chi connectivity index (χ3v) is 5.47. The zero-order valence-electron chi connectivity index (χ0n) is 12.6. The second kappa shape index (κ2) is 6.34. The first-order chi connectivity index (χ1) is 11.7. The first kappa shape index (κ1) is 15.3. The van der Waals surface area contributed by atoms with E-state index in [0.29, 0.717) is 28.8 Å². The van der Waals surface area contributed by atoms with Crippen LogP contribution in [-0.4, -0.2) is 25.2 Å². The summed E-state index contributed by atoms with van der Waals surface area (Å²) in [6.45, 7) is 0.759. The molecule has 0 unspecified atom stereocenters. The van der Waals surface area contributed by atoms with Crippen molar-refractivity contribution < 1.29 is 14.3 Å². The van der Waals surface area contributed by atoms with E-state index in [1.165, 1.54) is 11.3 Å². The molecule has 1 amide bonds. The fourth-order valence-electron chi connectivity index (χ4n) is 2.61. The van der Waals surface area contributed by atoms with Crippen molar-refractivity contribution in [3.05, 3.63) is 58.4 Å². The van der Waals surface area contributed by atoms with E-state index in [9.17, 15) is 4.79 Å². The monoisotopic (exact) mass is 359 g/mol. The van der Waals surface area contributed by atoms with Gasteiger partial charge in [-0.25, -0.2) is 0 Å². The highest BCUT2D eigenvalue weighted by atomic mass is 35.5. The fourth-order valence-corrected chi connectivity index (χ4v) is 4.04. The van der Waals surface area contributed by atoms with Crippen molar-refractivity contribution in [2.75, 3.05) is 13.2 Å². The van der Waals surface area contributed by atoms with Crippen LogP contribution >= 0.6 is 22.9 Å². The van der Waals surface area contributed by atoms with Gasteiger partial charge in [-0.15, -0.1) is 11.3 Å². The van der Waals surface area contributed by atoms with E-state index in [4.69, 9.17) is 21.1 Å². The summed E-state index contributed by atoms with van der Waals surface area (Å²) in [5, 5.41) is 4.29. The SMILES string of the molecule is O=C(NC[C@H]1COc2ccccc2O1)c1sc2ccccc2c1Cl. The fraction of sp³-hybridized carbons (Fsp3) is 0.167. The van der Waals surface area contributed by atoms with Gasteiger partial charge in [0.25, 0.3) is 5.91 Å². The van der Waals surface area contributed by atoms with E-state index in [0.717, 1.165) is 15.8 Å². The molecule has 1 atom stereocenters. The second-order valence-electron chi connectivity index (χ2n) is 5.45. The Morgan fingerprint density at radius 1 is 1.17 bits per heavy atom. The highest BCUT2D eigenvalue weighted by molar-refractivity contribution is 7.21. The molecule has 1 aliphatic heterocycles. The van der Waals surface area contributed by atoms with Gasteiger partial charge in [0.05, 0.1) is 11.6 Å². The van der Waals surface area contributed by atoms with Crippen molar-refractivity contribution in [3.63, 3.8) is 0 Å². The second-order valence-corrected chi connectivity index (χ2v) is 6.88. The quantitative estimate of drug-likeness (QED) is 0.765. The van der Waals surface area contributed by atoms with Crippen LogP contribution < -0.4 is 14.8 Å². The Labute approximate surface area is 148 Å². The largest absolute Gasteiger partial charge is 0.486 e. The lowest BCUT2D eigenvalue weighted by Crippen LogP contribution is -2.40. The number of hydrogen-bond acceptors (Lipinski definition) is 4. The highest BCUT2D eigenvalue weighted by Crippen LogP contribution is 2.35. The standard InChI is InChI=1S/C18H14ClNO3S/c19-16-12-5-1-4-8-15(12)24-17(16)18(21)20-9-11-10-22-13-6-2-3-7-14(13)23-11/h1-8,11H,9-10H2,(H,20,21)/t11-/m0/s1. The third-order valence-electron chi connectivity index (χ3n) is 3.80. The Kier molecular flexibility index (Phi) is 4.04. The van der Waals surface area contributed by atoms with E-state index >= 15 is 0 Å². The van der Waals surface area contributed by atoms with Gasteiger partial charge in [-0.1, -0.05) is 41.9 Å². The Morgan fingerprint density at radius 2 is 1.92 bits per heavy atom. The minimum absolute atomic E-state index is 0.191. The molecular formula is C18H14ClNO3S. The average Bonchev–Trinajstić information content (AvgIpc) is 2.97. The molecule has 2 heterocycles. The summed E-state index contributed by atoms with van der Waals surface area (Å²) in [7, 11) is 0. The molecule has 4 rings (SSSR count). The van der Waals surface area contributed by atoms with E-state index in [1.54, 1.807) is 0 Å². The van der Waals surface area contributed by atoms with Gasteiger partial charge in [0.2, 0.25) is 0 Å². The molecule has 6 heteroatoms. The van der Waals surface area contributed by atoms with Crippen LogP contribution in [0.5, 0.6) is 11.5 Å². The molecule has 2 aromatic carbocycles. The normalized spacial score (nSPS) is 16.1. The maximum atomic E-state index is 12.4. The Bertz CT molecular complexity index is 908. The lowest BCUT2D eigenvalue weighted by atomic mass is 10.2. The minimum Gasteiger partial charge on any atom is -0.486 e. The maximum absolute atomic E-state index is 12.4. The van der Waals surface area contributed by atoms with Gasteiger partial charge < -0.3 is 14.8 Å². The maximum Gasteiger partial charge on any atom is 0.263 e. The number of fused-ring (bicyclic) bond motifs is 2. The van der Waals surface area contributed by atoms with Crippen molar-refractivity contribution in [3.8, 4) is 11.5 Å². The molecule has 0 saturated heterocycles. The number of amides is 1. The lowest BCUT2D eigenvalue weighted by molar-refractivity contribution is 0.0791. The molecule has 0 bridgehead atoms. The zero-order chi connectivity index (χ0) is 16.5. The van der Waals surface area contributed by atoms with Gasteiger partial charge in [-0.05, 0) is 18.2 Å². The van der Waals surface area contributed by atoms with Crippen molar-refractivity contribution in [1.82, 2.24) is 5.32 Å². The predicted molar refractivity (Wildman–Crippen MR) is 95.5 cm³/mol. The Morgan fingerprint density at radius 3 is 2.75 bits per heavy atom. The van der Waals surface area contributed by atoms with Crippen LogP contribution in [0.2, 0.25) is 5.02 Å². The van der Waals surface area contributed by atoms with E-state index < -0.39 is 0 Å². The molecular weight excluding hydrogens is 346 g/mol. The number of benzene rings is 2. The number of ether oxygens (including phenoxy) is 2. The highest BCUT2D eigenvalue weighted by Gasteiger charge is 2.23. The van der Waals surface area contributed by atoms with Gasteiger partial charge >= 0.3 is 0 Å². The number of carbonyl (C=O) groups is 1. The molecule has 0 fully saturated rings. The number of halogens is 1. The number of hydrogen-bond donors (Lipinski definition) is 1. The van der Waals surface area contributed by atoms with Gasteiger partial charge in [0.15, 0.2) is 11.5 Å². The molecule has 1 aliphatic rings. The van der Waals surface area contributed by atoms with Crippen LogP contribution in [0.25, 0.3) is 10.1 Å². The third kappa shape index (κ3) is 2.81. The summed E-state index contributed by atoms with van der Waals surface area (Å²) >= 11 is 7.73. The molecule has 3 aromatic rings. The summed E-state index contributed by atoms with van der Waals surface area (Å²) in [5.74, 6) is 1.24. The van der Waals surface area contributed by atoms with Crippen LogP contribution in [0.4, 0.5) is 0 Å². The lowest BCUT2D eigenvalue weighted by Gasteiger charge is -2.26. The summed E-state index contributed by atoms with van der Waals surface area (Å²) in [4.78, 5) is 13.0. The smallest absolute Gasteiger partial charge is 0.263 e. The van der Waals surface area contributed by atoms with E-state index in [-0.39, 0.29) is 12.0 Å². The number of carbonyl (C=O) groups excluding carboxylic acids is 1. The van der Waals surface area contributed by atoms with E-state index in [2.05, 4.69) is 5.32 Å². The average molecular weight is 360 g/mol. The summed E-state index contributed by atoms with van der Waals surface area (Å²) < 4.78 is 12.5. The van der Waals surface area contributed by atoms with Crippen LogP contribution in [0, 0.1) is 0 Å². The van der Waals surface area contributed by atoms with Crippen LogP contribution in [0.3, 0.4) is 0 Å². The van der Waals surface area contributed by atoms with Crippen molar-refractivity contribution in [2.45, 2.75) is 6.10 Å². The Balaban J connectivity index is 1.44. The van der Waals surface area contributed by atoms with Crippen molar-refractivity contribution >= 4 is 38.9 Å². The summed E-state index contributed by atoms with van der Waals surface area (Å²) in [6, 6.07) is 15.2. The zero-order valence-corrected chi connectivity index (χ0v) is 14.2. The summed E-state index contributed by atoms with van der Waals surface area (Å²) in [5.41, 5.74) is 0. The molecule has 0 spiro atoms. The topological polar surface area (TPSA) is 47.6 Å². The molecule has 0 aliphatic carbocycles. The molecule has 0 radical (unpaired) electrons. The predicted octanol–water partition coefficient (Wildman–Crippen LogP) is 4.12. The van der Waals surface area contributed by atoms with Crippen LogP contribution in [0.1, 0.15) is 9.67 Å². The molecule has 24 heavy (non-hydrogen) atoms. The Hall–Kier alpha value is -2.24. The minimum atomic E-state index is -0.225. The van der Waals surface area contributed by atoms with Crippen molar-refractivity contribution in [2.24, 2.45) is 0 Å². The first-order valence-electron chi connectivity index (χ1n) is 7.56. The summed E-state index contributed by atoms with van der Waals surface area (Å²) in [6.07, 6.45) is -0.225. The molecule has 1 N–H and O–H groups in total. The first-order valence-corrected chi connectivity index (χ1v) is 8.75. The van der Waals surface area contributed by atoms with E-state index in [1.807, 2.05) is 48.5 Å².